The van der Waals surface area contributed by atoms with Gasteiger partial charge in [-0.05, 0) is 41.8 Å². The van der Waals surface area contributed by atoms with Gasteiger partial charge in [-0.25, -0.2) is 0 Å². The van der Waals surface area contributed by atoms with Crippen LogP contribution in [0.1, 0.15) is 30.6 Å². The molecular weight excluding hydrogens is 404 g/mol. The molecule has 3 N–H and O–H groups in total. The summed E-state index contributed by atoms with van der Waals surface area (Å²) in [6, 6.07) is 8.37. The lowest BCUT2D eigenvalue weighted by Crippen LogP contribution is -2.32. The number of methoxy groups -OCH3 is 4. The Hall–Kier alpha value is -2.68. The lowest BCUT2D eigenvalue weighted by Gasteiger charge is -2.29. The summed E-state index contributed by atoms with van der Waals surface area (Å²) in [5, 5.41) is 29.9. The first-order chi connectivity index (χ1) is 14.9. The molecule has 0 aliphatic carbocycles. The van der Waals surface area contributed by atoms with E-state index in [9.17, 15) is 15.3 Å². The highest BCUT2D eigenvalue weighted by Gasteiger charge is 2.27. The highest BCUT2D eigenvalue weighted by atomic mass is 16.5. The minimum atomic E-state index is -0.527. The smallest absolute Gasteiger partial charge is 0.200 e. The molecule has 0 heterocycles. The van der Waals surface area contributed by atoms with Crippen molar-refractivity contribution < 1.29 is 39.0 Å². The van der Waals surface area contributed by atoms with Crippen molar-refractivity contribution in [2.24, 2.45) is 0 Å². The van der Waals surface area contributed by atoms with E-state index in [0.717, 1.165) is 11.1 Å². The standard InChI is InChI=1S/C23H32O8/c1-6-18(23(30-5)15-7-8-17(25)19(12-15)27-2)31-16(13-24)9-14-10-20(28-3)22(26)21(11-14)29-4/h7-8,10-12,16,18,23-26H,6,9,13H2,1-5H3. The number of hydrogen-bond donors (Lipinski definition) is 3. The molecule has 3 unspecified atom stereocenters. The summed E-state index contributed by atoms with van der Waals surface area (Å²) in [5.74, 6) is 0.866. The van der Waals surface area contributed by atoms with Crippen molar-refractivity contribution in [2.75, 3.05) is 35.0 Å². The van der Waals surface area contributed by atoms with Gasteiger partial charge in [0.25, 0.3) is 0 Å². The number of aliphatic hydroxyl groups is 1. The zero-order chi connectivity index (χ0) is 23.0. The lowest BCUT2D eigenvalue weighted by molar-refractivity contribution is -0.105. The molecule has 0 saturated heterocycles. The van der Waals surface area contributed by atoms with Crippen molar-refractivity contribution in [3.8, 4) is 28.7 Å². The molecule has 8 nitrogen and oxygen atoms in total. The van der Waals surface area contributed by atoms with E-state index in [4.69, 9.17) is 23.7 Å². The quantitative estimate of drug-likeness (QED) is 0.466. The number of rotatable bonds is 12. The number of benzene rings is 2. The van der Waals surface area contributed by atoms with E-state index < -0.39 is 12.2 Å². The van der Waals surface area contributed by atoms with E-state index in [0.29, 0.717) is 18.6 Å². The monoisotopic (exact) mass is 436 g/mol. The molecule has 3 atom stereocenters. The normalized spacial score (nSPS) is 14.0. The Labute approximate surface area is 182 Å². The predicted octanol–water partition coefficient (Wildman–Crippen LogP) is 3.21. The Morgan fingerprint density at radius 1 is 0.871 bits per heavy atom. The molecule has 0 aromatic heterocycles. The Kier molecular flexibility index (Phi) is 9.23. The largest absolute Gasteiger partial charge is 0.504 e. The van der Waals surface area contributed by atoms with Crippen LogP contribution in [0.2, 0.25) is 0 Å². The molecule has 0 amide bonds. The van der Waals surface area contributed by atoms with Gasteiger partial charge in [-0.15, -0.1) is 0 Å². The van der Waals surface area contributed by atoms with Gasteiger partial charge in [-0.3, -0.25) is 0 Å². The van der Waals surface area contributed by atoms with Gasteiger partial charge in [-0.1, -0.05) is 13.0 Å². The minimum Gasteiger partial charge on any atom is -0.504 e. The molecule has 0 aliphatic heterocycles. The van der Waals surface area contributed by atoms with Gasteiger partial charge < -0.3 is 39.0 Å². The molecule has 8 heteroatoms. The number of aliphatic hydroxyl groups excluding tert-OH is 1. The summed E-state index contributed by atoms with van der Waals surface area (Å²) < 4.78 is 27.5. The second kappa shape index (κ2) is 11.6. The second-order valence-electron chi connectivity index (χ2n) is 7.03. The van der Waals surface area contributed by atoms with E-state index in [-0.39, 0.29) is 35.7 Å². The third kappa shape index (κ3) is 5.94. The van der Waals surface area contributed by atoms with E-state index in [1.54, 1.807) is 37.4 Å². The number of phenols is 2. The van der Waals surface area contributed by atoms with Gasteiger partial charge in [0.1, 0.15) is 6.10 Å². The fourth-order valence-electron chi connectivity index (χ4n) is 3.49. The summed E-state index contributed by atoms with van der Waals surface area (Å²) in [6.45, 7) is 1.76. The van der Waals surface area contributed by atoms with Crippen molar-refractivity contribution in [1.82, 2.24) is 0 Å². The number of phenolic OH excluding ortho intramolecular Hbond substituents is 2. The third-order valence-corrected chi connectivity index (χ3v) is 5.10. The Morgan fingerprint density at radius 3 is 1.97 bits per heavy atom. The van der Waals surface area contributed by atoms with Crippen LogP contribution in [0.3, 0.4) is 0 Å². The van der Waals surface area contributed by atoms with Gasteiger partial charge in [0.2, 0.25) is 5.75 Å². The van der Waals surface area contributed by atoms with E-state index in [2.05, 4.69) is 0 Å². The molecule has 0 aliphatic rings. The highest BCUT2D eigenvalue weighted by molar-refractivity contribution is 5.52. The molecule has 0 fully saturated rings. The van der Waals surface area contributed by atoms with Crippen LogP contribution in [0, 0.1) is 0 Å². The van der Waals surface area contributed by atoms with Crippen LogP contribution < -0.4 is 14.2 Å². The van der Waals surface area contributed by atoms with E-state index in [1.807, 2.05) is 6.92 Å². The zero-order valence-electron chi connectivity index (χ0n) is 18.6. The maximum Gasteiger partial charge on any atom is 0.200 e. The zero-order valence-corrected chi connectivity index (χ0v) is 18.6. The van der Waals surface area contributed by atoms with Gasteiger partial charge >= 0.3 is 0 Å². The molecular formula is C23H32O8. The average molecular weight is 437 g/mol. The van der Waals surface area contributed by atoms with Crippen LogP contribution in [0.25, 0.3) is 0 Å². The Morgan fingerprint density at radius 2 is 1.48 bits per heavy atom. The van der Waals surface area contributed by atoms with Crippen LogP contribution in [0.15, 0.2) is 30.3 Å². The minimum absolute atomic E-state index is 0.0403. The number of ether oxygens (including phenoxy) is 5. The fourth-order valence-corrected chi connectivity index (χ4v) is 3.49. The molecule has 172 valence electrons. The van der Waals surface area contributed by atoms with Crippen molar-refractivity contribution in [3.63, 3.8) is 0 Å². The van der Waals surface area contributed by atoms with Crippen molar-refractivity contribution in [1.29, 1.82) is 0 Å². The van der Waals surface area contributed by atoms with Gasteiger partial charge in [0.15, 0.2) is 23.0 Å². The molecule has 0 spiro atoms. The molecule has 31 heavy (non-hydrogen) atoms. The summed E-state index contributed by atoms with van der Waals surface area (Å²) in [5.41, 5.74) is 1.56. The first-order valence-electron chi connectivity index (χ1n) is 10.0. The predicted molar refractivity (Wildman–Crippen MR) is 115 cm³/mol. The van der Waals surface area contributed by atoms with Crippen LogP contribution in [0.5, 0.6) is 28.7 Å². The second-order valence-corrected chi connectivity index (χ2v) is 7.03. The topological polar surface area (TPSA) is 107 Å². The first kappa shape index (κ1) is 24.6. The third-order valence-electron chi connectivity index (χ3n) is 5.10. The SMILES string of the molecule is CCC(OC(CO)Cc1cc(OC)c(O)c(OC)c1)C(OC)c1ccc(O)c(OC)c1. The average Bonchev–Trinajstić information content (AvgIpc) is 2.79. The fraction of sp³-hybridized carbons (Fsp3) is 0.478. The Balaban J connectivity index is 2.24. The van der Waals surface area contributed by atoms with Crippen molar-refractivity contribution in [2.45, 2.75) is 38.1 Å². The Bertz CT molecular complexity index is 813. The summed E-state index contributed by atoms with van der Waals surface area (Å²) in [4.78, 5) is 0. The van der Waals surface area contributed by atoms with E-state index >= 15 is 0 Å². The van der Waals surface area contributed by atoms with Crippen molar-refractivity contribution in [3.05, 3.63) is 41.5 Å². The molecule has 0 bridgehead atoms. The summed E-state index contributed by atoms with van der Waals surface area (Å²) >= 11 is 0. The molecule has 2 aromatic rings. The van der Waals surface area contributed by atoms with Crippen LogP contribution >= 0.6 is 0 Å². The molecule has 2 aromatic carbocycles. The van der Waals surface area contributed by atoms with Gasteiger partial charge in [0.05, 0.1) is 40.1 Å². The summed E-state index contributed by atoms with van der Waals surface area (Å²) in [6.07, 6.45) is -0.328. The van der Waals surface area contributed by atoms with Crippen molar-refractivity contribution >= 4 is 0 Å². The molecule has 0 radical (unpaired) electrons. The molecule has 2 rings (SSSR count). The lowest BCUT2D eigenvalue weighted by atomic mass is 10.0. The number of aromatic hydroxyl groups is 2. The van der Waals surface area contributed by atoms with Gasteiger partial charge in [0, 0.05) is 13.5 Å². The maximum atomic E-state index is 10.1. The van der Waals surface area contributed by atoms with E-state index in [1.165, 1.54) is 21.3 Å². The first-order valence-corrected chi connectivity index (χ1v) is 10.0. The number of hydrogen-bond acceptors (Lipinski definition) is 8. The van der Waals surface area contributed by atoms with Crippen LogP contribution in [-0.4, -0.2) is 62.6 Å². The molecule has 0 saturated carbocycles. The van der Waals surface area contributed by atoms with Crippen LogP contribution in [0.4, 0.5) is 0 Å². The summed E-state index contributed by atoms with van der Waals surface area (Å²) in [7, 11) is 5.98. The van der Waals surface area contributed by atoms with Crippen LogP contribution in [-0.2, 0) is 15.9 Å². The van der Waals surface area contributed by atoms with Gasteiger partial charge in [-0.2, -0.15) is 0 Å². The maximum absolute atomic E-state index is 10.1. The highest BCUT2D eigenvalue weighted by Crippen LogP contribution is 2.38.